The second-order valence-corrected chi connectivity index (χ2v) is 6.21. The van der Waals surface area contributed by atoms with Gasteiger partial charge in [0, 0.05) is 19.2 Å². The molecule has 0 saturated heterocycles. The fourth-order valence-electron chi connectivity index (χ4n) is 2.69. The molecule has 1 heterocycles. The molecule has 0 atom stereocenters. The number of nitrogens with one attached hydrogen (secondary N) is 2. The molecule has 0 fully saturated rings. The maximum absolute atomic E-state index is 11.5. The maximum Gasteiger partial charge on any atom is 0.251 e. The number of carbonyl (C=O) groups is 1. The summed E-state index contributed by atoms with van der Waals surface area (Å²) in [4.78, 5) is 11.5. The normalized spacial score (nSPS) is 12.7. The molecule has 0 unspecified atom stereocenters. The van der Waals surface area contributed by atoms with Crippen molar-refractivity contribution in [1.29, 1.82) is 0 Å². The van der Waals surface area contributed by atoms with Crippen molar-refractivity contribution in [2.24, 2.45) is 0 Å². The molecule has 0 saturated carbocycles. The number of amides is 1. The number of carbonyl (C=O) groups excluding carboxylic acids is 1. The number of ether oxygens (including phenoxy) is 2. The van der Waals surface area contributed by atoms with E-state index in [1.165, 1.54) is 0 Å². The molecule has 0 aromatic heterocycles. The standard InChI is InChI=1S/C19H21ClN2O3/c1-21-19(23)15-4-2-13(3-5-15)12-22-7-6-14-10-16(20)18-17(11-14)24-8-9-25-18/h2-5,10-11,22H,6-9,12H2,1H3,(H,21,23). The zero-order chi connectivity index (χ0) is 17.6. The van der Waals surface area contributed by atoms with Crippen molar-refractivity contribution in [3.05, 3.63) is 58.1 Å². The molecular formula is C19H21ClN2O3. The van der Waals surface area contributed by atoms with Crippen LogP contribution in [0.15, 0.2) is 36.4 Å². The zero-order valence-corrected chi connectivity index (χ0v) is 14.9. The van der Waals surface area contributed by atoms with E-state index in [1.807, 2.05) is 36.4 Å². The molecule has 5 nitrogen and oxygen atoms in total. The van der Waals surface area contributed by atoms with Gasteiger partial charge in [-0.15, -0.1) is 0 Å². The molecule has 132 valence electrons. The highest BCUT2D eigenvalue weighted by Crippen LogP contribution is 2.38. The molecule has 25 heavy (non-hydrogen) atoms. The average molecular weight is 361 g/mol. The molecule has 0 radical (unpaired) electrons. The maximum atomic E-state index is 11.5. The lowest BCUT2D eigenvalue weighted by molar-refractivity contribution is 0.0963. The smallest absolute Gasteiger partial charge is 0.251 e. The highest BCUT2D eigenvalue weighted by atomic mass is 35.5. The predicted molar refractivity (Wildman–Crippen MR) is 97.7 cm³/mol. The van der Waals surface area contributed by atoms with E-state index in [1.54, 1.807) is 7.05 Å². The number of hydrogen-bond donors (Lipinski definition) is 2. The first kappa shape index (κ1) is 17.6. The second kappa shape index (κ2) is 8.23. The molecule has 0 spiro atoms. The number of benzene rings is 2. The summed E-state index contributed by atoms with van der Waals surface area (Å²) >= 11 is 6.25. The van der Waals surface area contributed by atoms with Crippen LogP contribution < -0.4 is 20.1 Å². The first-order chi connectivity index (χ1) is 12.2. The van der Waals surface area contributed by atoms with Crippen LogP contribution in [-0.4, -0.2) is 32.7 Å². The Morgan fingerprint density at radius 2 is 1.88 bits per heavy atom. The van der Waals surface area contributed by atoms with Gasteiger partial charge >= 0.3 is 0 Å². The Hall–Kier alpha value is -2.24. The van der Waals surface area contributed by atoms with Crippen LogP contribution in [0, 0.1) is 0 Å². The molecule has 0 bridgehead atoms. The Balaban J connectivity index is 1.50. The largest absolute Gasteiger partial charge is 0.486 e. The first-order valence-corrected chi connectivity index (χ1v) is 8.65. The lowest BCUT2D eigenvalue weighted by Gasteiger charge is -2.20. The topological polar surface area (TPSA) is 59.6 Å². The third kappa shape index (κ3) is 4.44. The van der Waals surface area contributed by atoms with Crippen LogP contribution in [0.3, 0.4) is 0 Å². The molecule has 2 aromatic rings. The van der Waals surface area contributed by atoms with Gasteiger partial charge in [-0.2, -0.15) is 0 Å². The van der Waals surface area contributed by atoms with Gasteiger partial charge < -0.3 is 20.1 Å². The summed E-state index contributed by atoms with van der Waals surface area (Å²) in [6.07, 6.45) is 0.840. The molecule has 0 aliphatic carbocycles. The zero-order valence-electron chi connectivity index (χ0n) is 14.1. The Morgan fingerprint density at radius 1 is 1.12 bits per heavy atom. The van der Waals surface area contributed by atoms with Gasteiger partial charge in [0.25, 0.3) is 5.91 Å². The van der Waals surface area contributed by atoms with Crippen LogP contribution in [0.5, 0.6) is 11.5 Å². The third-order valence-electron chi connectivity index (χ3n) is 4.02. The fourth-order valence-corrected chi connectivity index (χ4v) is 2.98. The summed E-state index contributed by atoms with van der Waals surface area (Å²) in [6, 6.07) is 11.5. The van der Waals surface area contributed by atoms with Crippen molar-refractivity contribution in [2.45, 2.75) is 13.0 Å². The van der Waals surface area contributed by atoms with Gasteiger partial charge in [-0.3, -0.25) is 4.79 Å². The highest BCUT2D eigenvalue weighted by Gasteiger charge is 2.16. The van der Waals surface area contributed by atoms with Crippen LogP contribution in [-0.2, 0) is 13.0 Å². The molecular weight excluding hydrogens is 340 g/mol. The molecule has 2 aromatic carbocycles. The lowest BCUT2D eigenvalue weighted by atomic mass is 10.1. The van der Waals surface area contributed by atoms with Crippen molar-refractivity contribution in [3.8, 4) is 11.5 Å². The van der Waals surface area contributed by atoms with Crippen LogP contribution >= 0.6 is 11.6 Å². The van der Waals surface area contributed by atoms with Gasteiger partial charge in [-0.05, 0) is 48.4 Å². The molecule has 2 N–H and O–H groups in total. The SMILES string of the molecule is CNC(=O)c1ccc(CNCCc2cc(Cl)c3c(c2)OCCO3)cc1. The van der Waals surface area contributed by atoms with E-state index in [9.17, 15) is 4.79 Å². The van der Waals surface area contributed by atoms with E-state index in [0.29, 0.717) is 29.5 Å². The summed E-state index contributed by atoms with van der Waals surface area (Å²) in [6.45, 7) is 2.64. The predicted octanol–water partition coefficient (Wildman–Crippen LogP) is 2.80. The fraction of sp³-hybridized carbons (Fsp3) is 0.316. The van der Waals surface area contributed by atoms with E-state index < -0.39 is 0 Å². The average Bonchev–Trinajstić information content (AvgIpc) is 2.65. The monoisotopic (exact) mass is 360 g/mol. The van der Waals surface area contributed by atoms with Gasteiger partial charge in [-0.1, -0.05) is 23.7 Å². The summed E-state index contributed by atoms with van der Waals surface area (Å²) < 4.78 is 11.1. The van der Waals surface area contributed by atoms with E-state index in [-0.39, 0.29) is 5.91 Å². The Labute approximate surface area is 152 Å². The Morgan fingerprint density at radius 3 is 2.64 bits per heavy atom. The molecule has 1 aliphatic heterocycles. The van der Waals surface area contributed by atoms with Crippen LogP contribution in [0.2, 0.25) is 5.02 Å². The van der Waals surface area contributed by atoms with Crippen LogP contribution in [0.25, 0.3) is 0 Å². The van der Waals surface area contributed by atoms with E-state index in [0.717, 1.165) is 36.4 Å². The number of halogens is 1. The highest BCUT2D eigenvalue weighted by molar-refractivity contribution is 6.32. The van der Waals surface area contributed by atoms with E-state index in [4.69, 9.17) is 21.1 Å². The number of hydrogen-bond acceptors (Lipinski definition) is 4. The number of fused-ring (bicyclic) bond motifs is 1. The van der Waals surface area contributed by atoms with Gasteiger partial charge in [0.05, 0.1) is 5.02 Å². The molecule has 3 rings (SSSR count). The molecule has 6 heteroatoms. The molecule has 1 amide bonds. The minimum Gasteiger partial charge on any atom is -0.486 e. The van der Waals surface area contributed by atoms with E-state index >= 15 is 0 Å². The van der Waals surface area contributed by atoms with Crippen molar-refractivity contribution in [1.82, 2.24) is 10.6 Å². The van der Waals surface area contributed by atoms with Crippen LogP contribution in [0.4, 0.5) is 0 Å². The Kier molecular flexibility index (Phi) is 5.79. The van der Waals surface area contributed by atoms with E-state index in [2.05, 4.69) is 10.6 Å². The molecule has 1 aliphatic rings. The first-order valence-electron chi connectivity index (χ1n) is 8.27. The number of rotatable bonds is 6. The summed E-state index contributed by atoms with van der Waals surface area (Å²) in [5.41, 5.74) is 2.90. The lowest BCUT2D eigenvalue weighted by Crippen LogP contribution is -2.19. The third-order valence-corrected chi connectivity index (χ3v) is 4.30. The van der Waals surface area contributed by atoms with Crippen molar-refractivity contribution in [2.75, 3.05) is 26.8 Å². The van der Waals surface area contributed by atoms with Crippen molar-refractivity contribution in [3.63, 3.8) is 0 Å². The summed E-state index contributed by atoms with van der Waals surface area (Å²) in [5.74, 6) is 1.29. The second-order valence-electron chi connectivity index (χ2n) is 5.80. The quantitative estimate of drug-likeness (QED) is 0.778. The summed E-state index contributed by atoms with van der Waals surface area (Å²) in [5, 5.41) is 6.60. The van der Waals surface area contributed by atoms with Crippen molar-refractivity contribution >= 4 is 17.5 Å². The van der Waals surface area contributed by atoms with Gasteiger partial charge in [0.1, 0.15) is 13.2 Å². The van der Waals surface area contributed by atoms with Gasteiger partial charge in [-0.25, -0.2) is 0 Å². The van der Waals surface area contributed by atoms with Gasteiger partial charge in [0.15, 0.2) is 11.5 Å². The van der Waals surface area contributed by atoms with Crippen molar-refractivity contribution < 1.29 is 14.3 Å². The minimum atomic E-state index is -0.0741. The summed E-state index contributed by atoms with van der Waals surface area (Å²) in [7, 11) is 1.63. The Bertz CT molecular complexity index is 747. The van der Waals surface area contributed by atoms with Crippen LogP contribution in [0.1, 0.15) is 21.5 Å². The van der Waals surface area contributed by atoms with Gasteiger partial charge in [0.2, 0.25) is 0 Å². The minimum absolute atomic E-state index is 0.0741.